The van der Waals surface area contributed by atoms with Gasteiger partial charge in [-0.25, -0.2) is 0 Å². The fourth-order valence-corrected chi connectivity index (χ4v) is 2.63. The van der Waals surface area contributed by atoms with Gasteiger partial charge in [0, 0.05) is 17.9 Å². The van der Waals surface area contributed by atoms with Gasteiger partial charge in [-0.05, 0) is 30.0 Å². The number of carboxylic acid groups (broad SMARTS) is 1. The maximum absolute atomic E-state index is 12.2. The summed E-state index contributed by atoms with van der Waals surface area (Å²) in [5.74, 6) is -1.07. The summed E-state index contributed by atoms with van der Waals surface area (Å²) in [5.41, 5.74) is 0.495. The molecule has 1 saturated carbocycles. The summed E-state index contributed by atoms with van der Waals surface area (Å²) in [6.07, 6.45) is 0.0406. The van der Waals surface area contributed by atoms with Gasteiger partial charge in [-0.3, -0.25) is 9.59 Å². The fraction of sp³-hybridized carbons (Fsp3) is 0.385. The predicted molar refractivity (Wildman–Crippen MR) is 69.2 cm³/mol. The first-order valence-electron chi connectivity index (χ1n) is 5.63. The number of aliphatic carboxylic acids is 1. The fourth-order valence-electron chi connectivity index (χ4n) is 2.34. The number of carbonyl (C=O) groups excluding carboxylic acids is 1. The van der Waals surface area contributed by atoms with Gasteiger partial charge in [0.2, 0.25) is 0 Å². The topological polar surface area (TPSA) is 54.4 Å². The Bertz CT molecular complexity index is 513. The zero-order valence-electron chi connectivity index (χ0n) is 9.69. The average molecular weight is 287 g/mol. The SMILES string of the molecule is C[C@@H]1C(CC(=O)O)[C@@H]1C(=O)c1ccc(Cl)c(Cl)c1. The maximum atomic E-state index is 12.2. The number of hydrogen-bond donors (Lipinski definition) is 1. The van der Waals surface area contributed by atoms with E-state index in [1.807, 2.05) is 6.92 Å². The molecule has 96 valence electrons. The van der Waals surface area contributed by atoms with Crippen LogP contribution < -0.4 is 0 Å². The third kappa shape index (κ3) is 2.52. The number of carbonyl (C=O) groups is 2. The van der Waals surface area contributed by atoms with Crippen LogP contribution in [-0.4, -0.2) is 16.9 Å². The van der Waals surface area contributed by atoms with Crippen molar-refractivity contribution >= 4 is 35.0 Å². The Balaban J connectivity index is 2.13. The second kappa shape index (κ2) is 4.90. The Kier molecular flexibility index (Phi) is 3.64. The molecule has 0 bridgehead atoms. The number of carboxylic acids is 1. The summed E-state index contributed by atoms with van der Waals surface area (Å²) in [7, 11) is 0. The lowest BCUT2D eigenvalue weighted by Gasteiger charge is -2.02. The van der Waals surface area contributed by atoms with E-state index >= 15 is 0 Å². The van der Waals surface area contributed by atoms with Crippen LogP contribution in [0.5, 0.6) is 0 Å². The normalized spacial score (nSPS) is 25.8. The van der Waals surface area contributed by atoms with Gasteiger partial charge in [-0.2, -0.15) is 0 Å². The van der Waals surface area contributed by atoms with E-state index in [2.05, 4.69) is 0 Å². The number of Topliss-reactive ketones (excluding diaryl/α,β-unsaturated/α-hetero) is 1. The van der Waals surface area contributed by atoms with Crippen molar-refractivity contribution in [1.29, 1.82) is 0 Å². The van der Waals surface area contributed by atoms with Crippen molar-refractivity contribution in [2.75, 3.05) is 0 Å². The van der Waals surface area contributed by atoms with Gasteiger partial charge in [-0.15, -0.1) is 0 Å². The quantitative estimate of drug-likeness (QED) is 0.862. The van der Waals surface area contributed by atoms with E-state index in [0.29, 0.717) is 15.6 Å². The molecule has 18 heavy (non-hydrogen) atoms. The Morgan fingerprint density at radius 3 is 2.50 bits per heavy atom. The van der Waals surface area contributed by atoms with Gasteiger partial charge in [-0.1, -0.05) is 30.1 Å². The van der Waals surface area contributed by atoms with Crippen molar-refractivity contribution in [2.45, 2.75) is 13.3 Å². The van der Waals surface area contributed by atoms with E-state index in [0.717, 1.165) is 0 Å². The number of benzene rings is 1. The molecular formula is C13H12Cl2O3. The molecule has 0 aliphatic heterocycles. The molecule has 0 heterocycles. The molecule has 3 nitrogen and oxygen atoms in total. The highest BCUT2D eigenvalue weighted by atomic mass is 35.5. The third-order valence-electron chi connectivity index (χ3n) is 3.48. The highest BCUT2D eigenvalue weighted by Gasteiger charge is 2.52. The van der Waals surface area contributed by atoms with Crippen LogP contribution in [0.25, 0.3) is 0 Å². The number of hydrogen-bond acceptors (Lipinski definition) is 2. The van der Waals surface area contributed by atoms with Gasteiger partial charge in [0.1, 0.15) is 0 Å². The lowest BCUT2D eigenvalue weighted by Crippen LogP contribution is -2.06. The lowest BCUT2D eigenvalue weighted by molar-refractivity contribution is -0.137. The minimum Gasteiger partial charge on any atom is -0.481 e. The molecule has 0 amide bonds. The van der Waals surface area contributed by atoms with Gasteiger partial charge >= 0.3 is 5.97 Å². The van der Waals surface area contributed by atoms with Crippen LogP contribution in [0.15, 0.2) is 18.2 Å². The zero-order valence-corrected chi connectivity index (χ0v) is 11.2. The standard InChI is InChI=1S/C13H12Cl2O3/c1-6-8(5-11(16)17)12(6)13(18)7-2-3-9(14)10(15)4-7/h2-4,6,8,12H,5H2,1H3,(H,16,17)/t6-,8?,12-/m1/s1. The first-order valence-corrected chi connectivity index (χ1v) is 6.38. The Morgan fingerprint density at radius 1 is 1.28 bits per heavy atom. The van der Waals surface area contributed by atoms with E-state index < -0.39 is 5.97 Å². The minimum absolute atomic E-state index is 0.0406. The molecule has 1 aromatic rings. The van der Waals surface area contributed by atoms with E-state index in [9.17, 15) is 9.59 Å². The smallest absolute Gasteiger partial charge is 0.303 e. The molecule has 3 atom stereocenters. The molecular weight excluding hydrogens is 275 g/mol. The van der Waals surface area contributed by atoms with Crippen molar-refractivity contribution in [3.8, 4) is 0 Å². The molecule has 1 fully saturated rings. The van der Waals surface area contributed by atoms with Crippen molar-refractivity contribution in [1.82, 2.24) is 0 Å². The van der Waals surface area contributed by atoms with Gasteiger partial charge < -0.3 is 5.11 Å². The summed E-state index contributed by atoms with van der Waals surface area (Å²) in [6, 6.07) is 4.74. The Labute approximate surface area is 115 Å². The summed E-state index contributed by atoms with van der Waals surface area (Å²) < 4.78 is 0. The van der Waals surface area contributed by atoms with Crippen LogP contribution in [0.2, 0.25) is 10.0 Å². The summed E-state index contributed by atoms with van der Waals surface area (Å²) in [6.45, 7) is 1.90. The molecule has 0 aromatic heterocycles. The summed E-state index contributed by atoms with van der Waals surface area (Å²) in [4.78, 5) is 22.8. The van der Waals surface area contributed by atoms with Crippen molar-refractivity contribution in [2.24, 2.45) is 17.8 Å². The van der Waals surface area contributed by atoms with E-state index in [1.165, 1.54) is 6.07 Å². The highest BCUT2D eigenvalue weighted by molar-refractivity contribution is 6.42. The molecule has 1 aliphatic rings. The number of halogens is 2. The minimum atomic E-state index is -0.865. The molecule has 0 spiro atoms. The Hall–Kier alpha value is -1.06. The summed E-state index contributed by atoms with van der Waals surface area (Å²) in [5, 5.41) is 9.48. The van der Waals surface area contributed by atoms with Crippen LogP contribution >= 0.6 is 23.2 Å². The molecule has 0 saturated heterocycles. The van der Waals surface area contributed by atoms with Crippen LogP contribution in [0, 0.1) is 17.8 Å². The molecule has 1 aliphatic carbocycles. The van der Waals surface area contributed by atoms with Gasteiger partial charge in [0.25, 0.3) is 0 Å². The van der Waals surface area contributed by atoms with Crippen molar-refractivity contribution in [3.05, 3.63) is 33.8 Å². The van der Waals surface area contributed by atoms with Crippen LogP contribution in [0.1, 0.15) is 23.7 Å². The molecule has 1 N–H and O–H groups in total. The zero-order chi connectivity index (χ0) is 13.4. The van der Waals surface area contributed by atoms with Crippen LogP contribution in [0.4, 0.5) is 0 Å². The molecule has 0 radical (unpaired) electrons. The van der Waals surface area contributed by atoms with E-state index in [4.69, 9.17) is 28.3 Å². The van der Waals surface area contributed by atoms with Crippen molar-refractivity contribution in [3.63, 3.8) is 0 Å². The second-order valence-electron chi connectivity index (χ2n) is 4.64. The van der Waals surface area contributed by atoms with E-state index in [-0.39, 0.29) is 30.0 Å². The number of rotatable bonds is 4. The number of ketones is 1. The van der Waals surface area contributed by atoms with Crippen LogP contribution in [0.3, 0.4) is 0 Å². The first-order chi connectivity index (χ1) is 8.41. The Morgan fingerprint density at radius 2 is 1.94 bits per heavy atom. The second-order valence-corrected chi connectivity index (χ2v) is 5.45. The third-order valence-corrected chi connectivity index (χ3v) is 4.22. The monoisotopic (exact) mass is 286 g/mol. The first kappa shape index (κ1) is 13.4. The molecule has 2 rings (SSSR count). The highest BCUT2D eigenvalue weighted by Crippen LogP contribution is 2.50. The van der Waals surface area contributed by atoms with Crippen molar-refractivity contribution < 1.29 is 14.7 Å². The van der Waals surface area contributed by atoms with Gasteiger partial charge in [0.05, 0.1) is 10.0 Å². The predicted octanol–water partition coefficient (Wildman–Crippen LogP) is 3.53. The molecule has 1 unspecified atom stereocenters. The van der Waals surface area contributed by atoms with Crippen LogP contribution in [-0.2, 0) is 4.79 Å². The molecule has 1 aromatic carbocycles. The van der Waals surface area contributed by atoms with Gasteiger partial charge in [0.15, 0.2) is 5.78 Å². The summed E-state index contributed by atoms with van der Waals surface area (Å²) >= 11 is 11.6. The molecule has 5 heteroatoms. The lowest BCUT2D eigenvalue weighted by atomic mass is 10.0. The largest absolute Gasteiger partial charge is 0.481 e. The average Bonchev–Trinajstić information content (AvgIpc) is 2.91. The van der Waals surface area contributed by atoms with E-state index in [1.54, 1.807) is 12.1 Å². The maximum Gasteiger partial charge on any atom is 0.303 e.